The van der Waals surface area contributed by atoms with Crippen LogP contribution in [0.15, 0.2) is 128 Å². The lowest BCUT2D eigenvalue weighted by molar-refractivity contribution is -0.155. The summed E-state index contributed by atoms with van der Waals surface area (Å²) in [5.74, 6) is 1.81. The number of aromatic amines is 2. The first-order chi connectivity index (χ1) is 31.0. The van der Waals surface area contributed by atoms with Gasteiger partial charge >= 0.3 is 23.8 Å². The number of carbonyl (C=O) groups is 4. The van der Waals surface area contributed by atoms with Crippen LogP contribution in [0.1, 0.15) is 46.1 Å². The second-order valence-electron chi connectivity index (χ2n) is 13.7. The number of hydrogen-bond donors (Lipinski definition) is 7. The molecule has 65 heavy (non-hydrogen) atoms. The molecule has 4 aromatic carbocycles. The highest BCUT2D eigenvalue weighted by Crippen LogP contribution is 2.24. The number of nitrogens with one attached hydrogen (secondary N) is 3. The van der Waals surface area contributed by atoms with Gasteiger partial charge in [-0.15, -0.1) is 0 Å². The Morgan fingerprint density at radius 1 is 0.662 bits per heavy atom. The first-order valence-electron chi connectivity index (χ1n) is 19.6. The number of nitrogens with two attached hydrogens (primary N) is 1. The smallest absolute Gasteiger partial charge is 0.374 e. The van der Waals surface area contributed by atoms with Crippen LogP contribution in [0.3, 0.4) is 0 Å². The predicted octanol–water partition coefficient (Wildman–Crippen LogP) is 4.63. The van der Waals surface area contributed by atoms with Crippen molar-refractivity contribution in [1.29, 1.82) is 0 Å². The second kappa shape index (κ2) is 25.5. The maximum atomic E-state index is 12.4. The van der Waals surface area contributed by atoms with Gasteiger partial charge in [-0.25, -0.2) is 24.4 Å². The first kappa shape index (κ1) is 50.8. The number of amides is 1. The van der Waals surface area contributed by atoms with Gasteiger partial charge in [0.15, 0.2) is 12.2 Å². The van der Waals surface area contributed by atoms with Crippen molar-refractivity contribution in [3.8, 4) is 22.3 Å². The molecule has 6 aromatic rings. The standard InChI is InChI=1S/C22H22ClN3O6.C18H21ClN2O3.C4H3NO4/c1-2-31-22(30)18(27)13-26(24-21(29)19-11-20(28)25-32-19)12-14-6-8-15(9-7-14)16-4-3-5-17(23)10-16;1-2-24-18(23)17(22)12-21(20)11-13-6-8-14(9-7-13)15-4-3-5-16(19)10-15;6-3-1-2(4(7)8)9-5-3/h3-11,18,27H,2,12-13H2,1H3,(H,24,29)(H,25,28);3-10,17,22H,2,11-12,20H2,1H3;1H,(H,5,6)(H,7,8)/t18-;17-;/m11./s1. The number of aliphatic hydroxyl groups is 2. The van der Waals surface area contributed by atoms with E-state index in [1.54, 1.807) is 19.9 Å². The van der Waals surface area contributed by atoms with E-state index in [4.69, 9.17) is 48.1 Å². The normalized spacial score (nSPS) is 11.6. The zero-order chi connectivity index (χ0) is 47.5. The van der Waals surface area contributed by atoms with Crippen LogP contribution in [0.2, 0.25) is 10.0 Å². The lowest BCUT2D eigenvalue weighted by Crippen LogP contribution is -2.47. The topological polar surface area (TPSA) is 284 Å². The molecule has 0 aliphatic rings. The number of aliphatic hydroxyl groups excluding tert-OH is 2. The Labute approximate surface area is 380 Å². The highest BCUT2D eigenvalue weighted by atomic mass is 35.5. The summed E-state index contributed by atoms with van der Waals surface area (Å²) < 4.78 is 18.6. The van der Waals surface area contributed by atoms with Gasteiger partial charge in [0.05, 0.1) is 38.4 Å². The van der Waals surface area contributed by atoms with E-state index < -0.39 is 47.1 Å². The van der Waals surface area contributed by atoms with E-state index in [0.717, 1.165) is 45.5 Å². The molecule has 2 heterocycles. The van der Waals surface area contributed by atoms with Crippen LogP contribution in [0.25, 0.3) is 22.3 Å². The molecular weight excluding hydrogens is 891 g/mol. The molecule has 0 bridgehead atoms. The Hall–Kier alpha value is -6.84. The number of rotatable bonds is 17. The fourth-order valence-electron chi connectivity index (χ4n) is 5.65. The monoisotopic (exact) mass is 936 g/mol. The highest BCUT2D eigenvalue weighted by molar-refractivity contribution is 6.31. The van der Waals surface area contributed by atoms with Crippen molar-refractivity contribution in [1.82, 2.24) is 25.8 Å². The number of carbonyl (C=O) groups excluding carboxylic acids is 3. The van der Waals surface area contributed by atoms with Crippen LogP contribution in [-0.4, -0.2) is 98.0 Å². The molecule has 2 aromatic heterocycles. The number of aromatic carboxylic acids is 1. The number of esters is 2. The van der Waals surface area contributed by atoms with Crippen molar-refractivity contribution in [3.63, 3.8) is 0 Å². The molecule has 0 unspecified atom stereocenters. The van der Waals surface area contributed by atoms with Gasteiger partial charge in [-0.05, 0) is 71.5 Å². The van der Waals surface area contributed by atoms with E-state index in [1.165, 1.54) is 10.0 Å². The van der Waals surface area contributed by atoms with Crippen molar-refractivity contribution in [2.24, 2.45) is 5.84 Å². The Bertz CT molecular complexity index is 2590. The Morgan fingerprint density at radius 3 is 1.51 bits per heavy atom. The molecular formula is C44H46Cl2N6O13. The molecule has 1 amide bonds. The molecule has 0 saturated carbocycles. The van der Waals surface area contributed by atoms with Gasteiger partial charge < -0.3 is 33.8 Å². The predicted molar refractivity (Wildman–Crippen MR) is 237 cm³/mol. The molecule has 8 N–H and O–H groups in total. The van der Waals surface area contributed by atoms with Crippen molar-refractivity contribution in [3.05, 3.63) is 163 Å². The summed E-state index contributed by atoms with van der Waals surface area (Å²) in [6.07, 6.45) is -2.74. The summed E-state index contributed by atoms with van der Waals surface area (Å²) >= 11 is 12.1. The molecule has 2 atom stereocenters. The van der Waals surface area contributed by atoms with E-state index in [0.29, 0.717) is 16.6 Å². The third-order valence-corrected chi connectivity index (χ3v) is 9.11. The second-order valence-corrected chi connectivity index (χ2v) is 14.5. The van der Waals surface area contributed by atoms with Crippen LogP contribution < -0.4 is 22.4 Å². The maximum Gasteiger partial charge on any atom is 0.374 e. The van der Waals surface area contributed by atoms with Crippen molar-refractivity contribution in [2.75, 3.05) is 26.3 Å². The van der Waals surface area contributed by atoms with E-state index in [1.807, 2.05) is 101 Å². The third-order valence-electron chi connectivity index (χ3n) is 8.64. The lowest BCUT2D eigenvalue weighted by Gasteiger charge is -2.24. The molecule has 21 heteroatoms. The van der Waals surface area contributed by atoms with E-state index in [-0.39, 0.29) is 44.4 Å². The fraction of sp³-hybridized carbons (Fsp3) is 0.227. The molecule has 0 saturated heterocycles. The zero-order valence-corrected chi connectivity index (χ0v) is 36.5. The Kier molecular flexibility index (Phi) is 19.9. The number of nitrogens with zero attached hydrogens (tertiary/aromatic N) is 2. The first-order valence-corrected chi connectivity index (χ1v) is 20.4. The van der Waals surface area contributed by atoms with E-state index >= 15 is 0 Å². The van der Waals surface area contributed by atoms with Crippen LogP contribution in [0.4, 0.5) is 0 Å². The molecule has 0 aliphatic heterocycles. The van der Waals surface area contributed by atoms with Crippen molar-refractivity contribution in [2.45, 2.75) is 39.1 Å². The third kappa shape index (κ3) is 17.0. The SMILES string of the molecule is CCOC(=O)[C@H](O)CN(Cc1ccc(-c2cccc(Cl)c2)cc1)NC(=O)c1cc(=O)[nH]o1.CCOC(=O)[C@H](O)CN(N)Cc1ccc(-c2cccc(Cl)c2)cc1.O=C(O)c1cc(=O)[nH]o1. The summed E-state index contributed by atoms with van der Waals surface area (Å²) in [5, 5.41) is 35.9. The number of aromatic nitrogens is 2. The number of H-pyrrole nitrogens is 2. The molecule has 0 fully saturated rings. The minimum absolute atomic E-state index is 0.00881. The number of carboxylic acid groups (broad SMARTS) is 1. The molecule has 0 radical (unpaired) electrons. The fourth-order valence-corrected chi connectivity index (χ4v) is 6.03. The average molecular weight is 938 g/mol. The number of hydrazine groups is 2. The number of ether oxygens (including phenoxy) is 2. The minimum atomic E-state index is -1.49. The summed E-state index contributed by atoms with van der Waals surface area (Å²) in [5.41, 5.74) is 7.18. The molecule has 19 nitrogen and oxygen atoms in total. The lowest BCUT2D eigenvalue weighted by atomic mass is 10.0. The van der Waals surface area contributed by atoms with Crippen LogP contribution in [-0.2, 0) is 32.2 Å². The summed E-state index contributed by atoms with van der Waals surface area (Å²) in [7, 11) is 0. The summed E-state index contributed by atoms with van der Waals surface area (Å²) in [6.45, 7) is 3.99. The maximum absolute atomic E-state index is 12.4. The van der Waals surface area contributed by atoms with Gasteiger partial charge in [0.2, 0.25) is 11.5 Å². The molecule has 344 valence electrons. The van der Waals surface area contributed by atoms with Gasteiger partial charge in [-0.1, -0.05) is 96.0 Å². The zero-order valence-electron chi connectivity index (χ0n) is 34.9. The van der Waals surface area contributed by atoms with Gasteiger partial charge in [0.25, 0.3) is 11.1 Å². The van der Waals surface area contributed by atoms with Crippen LogP contribution >= 0.6 is 23.2 Å². The van der Waals surface area contributed by atoms with Gasteiger partial charge in [0.1, 0.15) is 0 Å². The number of hydrogen-bond acceptors (Lipinski definition) is 15. The number of carboxylic acids is 1. The van der Waals surface area contributed by atoms with Gasteiger partial charge in [0, 0.05) is 23.1 Å². The minimum Gasteiger partial charge on any atom is -0.475 e. The van der Waals surface area contributed by atoms with Gasteiger partial charge in [-0.2, -0.15) is 10.3 Å². The molecule has 0 aliphatic carbocycles. The Morgan fingerprint density at radius 2 is 1.11 bits per heavy atom. The van der Waals surface area contributed by atoms with E-state index in [2.05, 4.69) is 9.95 Å². The average Bonchev–Trinajstić information content (AvgIpc) is 3.93. The molecule has 0 spiro atoms. The van der Waals surface area contributed by atoms with Crippen LogP contribution in [0.5, 0.6) is 0 Å². The number of halogens is 2. The highest BCUT2D eigenvalue weighted by Gasteiger charge is 2.24. The summed E-state index contributed by atoms with van der Waals surface area (Å²) in [4.78, 5) is 67.0. The van der Waals surface area contributed by atoms with Crippen LogP contribution in [0, 0.1) is 0 Å². The van der Waals surface area contributed by atoms with Crippen molar-refractivity contribution >= 4 is 47.0 Å². The van der Waals surface area contributed by atoms with Gasteiger partial charge in [-0.3, -0.25) is 25.7 Å². The van der Waals surface area contributed by atoms with E-state index in [9.17, 15) is 39.0 Å². The Balaban J connectivity index is 0.000000245. The van der Waals surface area contributed by atoms with Crippen molar-refractivity contribution < 1.29 is 53.0 Å². The molecule has 6 rings (SSSR count). The number of benzene rings is 4. The quantitative estimate of drug-likeness (QED) is 0.0373. The largest absolute Gasteiger partial charge is 0.475 e. The summed E-state index contributed by atoms with van der Waals surface area (Å²) in [6, 6.07) is 32.3.